The van der Waals surface area contributed by atoms with E-state index in [1.807, 2.05) is 6.92 Å². The first kappa shape index (κ1) is 30.1. The van der Waals surface area contributed by atoms with Crippen molar-refractivity contribution >= 4 is 17.7 Å². The van der Waals surface area contributed by atoms with Crippen LogP contribution < -0.4 is 0 Å². The average Bonchev–Trinajstić information content (AvgIpc) is 3.11. The number of rotatable bonds is 7. The molecule has 0 N–H and O–H groups in total. The topological polar surface area (TPSA) is 69.7 Å². The van der Waals surface area contributed by atoms with E-state index in [0.717, 1.165) is 36.8 Å². The van der Waals surface area contributed by atoms with Crippen molar-refractivity contribution in [2.75, 3.05) is 7.11 Å². The van der Waals surface area contributed by atoms with Crippen molar-refractivity contribution in [2.45, 2.75) is 100 Å². The Morgan fingerprint density at radius 1 is 1.05 bits per heavy atom. The molecule has 3 aliphatic rings. The van der Waals surface area contributed by atoms with E-state index in [1.165, 1.54) is 19.6 Å². The van der Waals surface area contributed by atoms with Crippen LogP contribution in [-0.4, -0.2) is 30.9 Å². The van der Waals surface area contributed by atoms with Gasteiger partial charge in [-0.2, -0.15) is 0 Å². The molecule has 0 aromatic carbocycles. The van der Waals surface area contributed by atoms with Crippen LogP contribution in [0.5, 0.6) is 0 Å². The Balaban J connectivity index is 1.92. The van der Waals surface area contributed by atoms with E-state index >= 15 is 0 Å². The first-order valence-corrected chi connectivity index (χ1v) is 14.2. The summed E-state index contributed by atoms with van der Waals surface area (Å²) in [5.41, 5.74) is 1.93. The molecular weight excluding hydrogens is 476 g/mol. The van der Waals surface area contributed by atoms with Gasteiger partial charge in [-0.3, -0.25) is 14.4 Å². The van der Waals surface area contributed by atoms with E-state index in [4.69, 9.17) is 9.47 Å². The van der Waals surface area contributed by atoms with Gasteiger partial charge in [0.05, 0.1) is 7.11 Å². The van der Waals surface area contributed by atoms with Crippen LogP contribution in [0.4, 0.5) is 0 Å². The normalized spacial score (nSPS) is 36.9. The molecule has 0 spiro atoms. The van der Waals surface area contributed by atoms with Crippen molar-refractivity contribution in [1.29, 1.82) is 0 Å². The summed E-state index contributed by atoms with van der Waals surface area (Å²) < 4.78 is 11.0. The van der Waals surface area contributed by atoms with Crippen LogP contribution >= 0.6 is 0 Å². The zero-order valence-corrected chi connectivity index (χ0v) is 25.0. The second-order valence-corrected chi connectivity index (χ2v) is 12.9. The molecule has 0 saturated heterocycles. The second kappa shape index (κ2) is 11.4. The van der Waals surface area contributed by atoms with Gasteiger partial charge in [0, 0.05) is 18.9 Å². The zero-order chi connectivity index (χ0) is 28.5. The highest BCUT2D eigenvalue weighted by Gasteiger charge is 2.68. The molecule has 38 heavy (non-hydrogen) atoms. The molecule has 0 radical (unpaired) electrons. The van der Waals surface area contributed by atoms with Gasteiger partial charge in [0.25, 0.3) is 0 Å². The number of hydrogen-bond donors (Lipinski definition) is 0. The summed E-state index contributed by atoms with van der Waals surface area (Å²) in [6.45, 7) is 16.3. The number of carbonyl (C=O) groups is 3. The first-order valence-electron chi connectivity index (χ1n) is 14.2. The minimum absolute atomic E-state index is 0.0299. The number of carbonyl (C=O) groups excluding carboxylic acids is 3. The number of methoxy groups -OCH3 is 1. The molecule has 3 saturated carbocycles. The molecule has 0 aromatic heterocycles. The van der Waals surface area contributed by atoms with E-state index in [0.29, 0.717) is 18.8 Å². The number of Topliss-reactive ketones (excluding diaryl/α,β-unsaturated/α-hetero) is 1. The Hall–Kier alpha value is -2.43. The summed E-state index contributed by atoms with van der Waals surface area (Å²) >= 11 is 0. The molecule has 6 atom stereocenters. The second-order valence-electron chi connectivity index (χ2n) is 12.9. The summed E-state index contributed by atoms with van der Waals surface area (Å²) in [4.78, 5) is 38.8. The Morgan fingerprint density at radius 2 is 1.74 bits per heavy atom. The monoisotopic (exact) mass is 524 g/mol. The van der Waals surface area contributed by atoms with Gasteiger partial charge in [-0.15, -0.1) is 0 Å². The lowest BCUT2D eigenvalue weighted by atomic mass is 9.42. The molecule has 0 bridgehead atoms. The third-order valence-electron chi connectivity index (χ3n) is 9.91. The van der Waals surface area contributed by atoms with Crippen molar-refractivity contribution in [3.05, 3.63) is 47.1 Å². The van der Waals surface area contributed by atoms with Gasteiger partial charge in [-0.25, -0.2) is 0 Å². The number of allylic oxidation sites excluding steroid dienone is 8. The summed E-state index contributed by atoms with van der Waals surface area (Å²) in [6, 6.07) is 0. The van der Waals surface area contributed by atoms with Crippen molar-refractivity contribution in [3.63, 3.8) is 0 Å². The van der Waals surface area contributed by atoms with Crippen molar-refractivity contribution < 1.29 is 23.9 Å². The van der Waals surface area contributed by atoms with Gasteiger partial charge in [-0.1, -0.05) is 69.2 Å². The van der Waals surface area contributed by atoms with Gasteiger partial charge in [-0.05, 0) is 81.5 Å². The minimum Gasteiger partial charge on any atom is -0.468 e. The molecule has 0 aliphatic heterocycles. The van der Waals surface area contributed by atoms with Gasteiger partial charge in [0.2, 0.25) is 0 Å². The minimum atomic E-state index is -0.935. The molecule has 0 heterocycles. The highest BCUT2D eigenvalue weighted by molar-refractivity contribution is 6.00. The van der Waals surface area contributed by atoms with Crippen LogP contribution in [0, 0.1) is 34.0 Å². The molecule has 5 heteroatoms. The highest BCUT2D eigenvalue weighted by Crippen LogP contribution is 2.69. The van der Waals surface area contributed by atoms with Crippen LogP contribution in [0.25, 0.3) is 0 Å². The quantitative estimate of drug-likeness (QED) is 0.198. The smallest absolute Gasteiger partial charge is 0.315 e. The molecule has 0 aromatic rings. The number of ketones is 1. The lowest BCUT2D eigenvalue weighted by Gasteiger charge is -2.61. The Labute approximate surface area is 229 Å². The fourth-order valence-electron chi connectivity index (χ4n) is 8.19. The largest absolute Gasteiger partial charge is 0.468 e. The molecule has 0 unspecified atom stereocenters. The SMILES string of the molecule is COC(=O)[C@]1(C)[C@@H]2CC[C@]3(C)/C(=C(/C)C/C=C/C(C)=C/C=C/C(C)C)C(=O)C[C@H]3[C@@]2(C)CC[C@H]1OC(C)=O. The molecule has 3 aliphatic carbocycles. The molecule has 0 amide bonds. The summed E-state index contributed by atoms with van der Waals surface area (Å²) in [7, 11) is 1.41. The Bertz CT molecular complexity index is 1070. The lowest BCUT2D eigenvalue weighted by molar-refractivity contribution is -0.206. The fourth-order valence-corrected chi connectivity index (χ4v) is 8.19. The standard InChI is InChI=1S/C33H48O5/c1-21(2)12-10-13-22(3)14-11-15-23(4)29-25(35)20-27-31(6)19-17-28(38-24(5)34)33(8,30(36)37-9)26(31)16-18-32(27,29)7/h10-14,21,26-28H,15-20H2,1-9H3/b12-10+,14-11+,22-13+,29-23-/t26-,27+,28-,31+,32+,33-/m1/s1. The van der Waals surface area contributed by atoms with E-state index < -0.39 is 11.5 Å². The molecule has 210 valence electrons. The van der Waals surface area contributed by atoms with E-state index in [-0.39, 0.29) is 40.4 Å². The van der Waals surface area contributed by atoms with Crippen LogP contribution in [-0.2, 0) is 23.9 Å². The first-order chi connectivity index (χ1) is 17.7. The molecule has 5 nitrogen and oxygen atoms in total. The summed E-state index contributed by atoms with van der Waals surface area (Å²) in [6.07, 6.45) is 14.4. The maximum absolute atomic E-state index is 13.6. The zero-order valence-electron chi connectivity index (χ0n) is 25.0. The highest BCUT2D eigenvalue weighted by atomic mass is 16.6. The predicted molar refractivity (Wildman–Crippen MR) is 151 cm³/mol. The van der Waals surface area contributed by atoms with E-state index in [2.05, 4.69) is 71.9 Å². The van der Waals surface area contributed by atoms with Crippen LogP contribution in [0.15, 0.2) is 47.1 Å². The number of esters is 2. The summed E-state index contributed by atoms with van der Waals surface area (Å²) in [5.74, 6) is 0.185. The number of fused-ring (bicyclic) bond motifs is 3. The predicted octanol–water partition coefficient (Wildman–Crippen LogP) is 7.32. The molecule has 3 rings (SSSR count). The van der Waals surface area contributed by atoms with Crippen LogP contribution in [0.2, 0.25) is 0 Å². The maximum atomic E-state index is 13.6. The van der Waals surface area contributed by atoms with Gasteiger partial charge >= 0.3 is 11.9 Å². The third kappa shape index (κ3) is 5.35. The molecule has 3 fully saturated rings. The van der Waals surface area contributed by atoms with Gasteiger partial charge in [0.1, 0.15) is 11.5 Å². The fraction of sp³-hybridized carbons (Fsp3) is 0.667. The number of hydrogen-bond acceptors (Lipinski definition) is 5. The summed E-state index contributed by atoms with van der Waals surface area (Å²) in [5, 5.41) is 0. The maximum Gasteiger partial charge on any atom is 0.315 e. The van der Waals surface area contributed by atoms with E-state index in [9.17, 15) is 14.4 Å². The van der Waals surface area contributed by atoms with Crippen molar-refractivity contribution in [1.82, 2.24) is 0 Å². The number of ether oxygens (including phenoxy) is 2. The average molecular weight is 525 g/mol. The van der Waals surface area contributed by atoms with Gasteiger partial charge < -0.3 is 9.47 Å². The Kier molecular flexibility index (Phi) is 9.00. The van der Waals surface area contributed by atoms with Crippen LogP contribution in [0.1, 0.15) is 93.9 Å². The third-order valence-corrected chi connectivity index (χ3v) is 9.91. The van der Waals surface area contributed by atoms with Crippen molar-refractivity contribution in [3.8, 4) is 0 Å². The van der Waals surface area contributed by atoms with Crippen molar-refractivity contribution in [2.24, 2.45) is 34.0 Å². The van der Waals surface area contributed by atoms with E-state index in [1.54, 1.807) is 0 Å². The lowest BCUT2D eigenvalue weighted by Crippen LogP contribution is -2.62. The Morgan fingerprint density at radius 3 is 2.34 bits per heavy atom. The van der Waals surface area contributed by atoms with Gasteiger partial charge in [0.15, 0.2) is 5.78 Å². The molecular formula is C33H48O5. The van der Waals surface area contributed by atoms with Crippen LogP contribution in [0.3, 0.4) is 0 Å².